The van der Waals surface area contributed by atoms with Gasteiger partial charge in [-0.05, 0) is 49.0 Å². The maximum Gasteiger partial charge on any atom is 0.175 e. The van der Waals surface area contributed by atoms with Crippen LogP contribution in [0.1, 0.15) is 5.56 Å². The van der Waals surface area contributed by atoms with Crippen LogP contribution < -0.4 is 10.6 Å². The van der Waals surface area contributed by atoms with Gasteiger partial charge in [0.1, 0.15) is 5.82 Å². The van der Waals surface area contributed by atoms with Gasteiger partial charge in [-0.2, -0.15) is 0 Å². The molecule has 0 saturated carbocycles. The van der Waals surface area contributed by atoms with Crippen LogP contribution in [0, 0.1) is 24.4 Å². The molecule has 20 heavy (non-hydrogen) atoms. The lowest BCUT2D eigenvalue weighted by atomic mass is 10.2. The molecule has 0 aliphatic rings. The molecule has 0 bridgehead atoms. The molecule has 0 saturated heterocycles. The summed E-state index contributed by atoms with van der Waals surface area (Å²) in [4.78, 5) is 0. The SMILES string of the molecule is Cc1ccc(F)cc1NC(=S)Nc1ccc(F)c(F)c1. The van der Waals surface area contributed by atoms with Crippen LogP contribution >= 0.6 is 12.2 Å². The molecule has 0 aliphatic heterocycles. The van der Waals surface area contributed by atoms with Gasteiger partial charge < -0.3 is 10.6 Å². The first-order valence-electron chi connectivity index (χ1n) is 5.75. The van der Waals surface area contributed by atoms with Gasteiger partial charge in [0.15, 0.2) is 16.7 Å². The number of halogens is 3. The van der Waals surface area contributed by atoms with Crippen molar-refractivity contribution in [1.29, 1.82) is 0 Å². The van der Waals surface area contributed by atoms with Crippen molar-refractivity contribution in [2.24, 2.45) is 0 Å². The smallest absolute Gasteiger partial charge is 0.175 e. The molecule has 2 N–H and O–H groups in total. The van der Waals surface area contributed by atoms with Crippen LogP contribution in [-0.4, -0.2) is 5.11 Å². The van der Waals surface area contributed by atoms with E-state index in [4.69, 9.17) is 12.2 Å². The van der Waals surface area contributed by atoms with E-state index in [0.717, 1.165) is 17.7 Å². The number of thiocarbonyl (C=S) groups is 1. The third kappa shape index (κ3) is 3.48. The monoisotopic (exact) mass is 296 g/mol. The van der Waals surface area contributed by atoms with E-state index in [1.165, 1.54) is 18.2 Å². The molecular weight excluding hydrogens is 285 g/mol. The van der Waals surface area contributed by atoms with Gasteiger partial charge in [0, 0.05) is 17.4 Å². The molecule has 6 heteroatoms. The van der Waals surface area contributed by atoms with Gasteiger partial charge in [-0.1, -0.05) is 6.07 Å². The highest BCUT2D eigenvalue weighted by Gasteiger charge is 2.06. The van der Waals surface area contributed by atoms with Crippen molar-refractivity contribution < 1.29 is 13.2 Å². The number of hydrogen-bond acceptors (Lipinski definition) is 1. The molecule has 0 unspecified atom stereocenters. The van der Waals surface area contributed by atoms with E-state index in [0.29, 0.717) is 11.4 Å². The highest BCUT2D eigenvalue weighted by atomic mass is 32.1. The minimum atomic E-state index is -0.972. The maximum atomic E-state index is 13.1. The van der Waals surface area contributed by atoms with Crippen molar-refractivity contribution >= 4 is 28.7 Å². The van der Waals surface area contributed by atoms with E-state index in [1.807, 2.05) is 0 Å². The number of rotatable bonds is 2. The van der Waals surface area contributed by atoms with Gasteiger partial charge in [0.25, 0.3) is 0 Å². The second-order valence-electron chi connectivity index (χ2n) is 4.17. The summed E-state index contributed by atoms with van der Waals surface area (Å²) in [5.74, 6) is -2.30. The molecule has 0 radical (unpaired) electrons. The van der Waals surface area contributed by atoms with E-state index in [1.54, 1.807) is 13.0 Å². The molecule has 0 aliphatic carbocycles. The zero-order chi connectivity index (χ0) is 14.7. The number of nitrogens with one attached hydrogen (secondary N) is 2. The first-order chi connectivity index (χ1) is 9.45. The van der Waals surface area contributed by atoms with Crippen LogP contribution in [0.15, 0.2) is 36.4 Å². The molecule has 0 aromatic heterocycles. The fraction of sp³-hybridized carbons (Fsp3) is 0.0714. The van der Waals surface area contributed by atoms with Gasteiger partial charge in [-0.25, -0.2) is 13.2 Å². The Balaban J connectivity index is 2.09. The molecule has 0 fully saturated rings. The molecule has 2 aromatic carbocycles. The number of anilines is 2. The van der Waals surface area contributed by atoms with E-state index < -0.39 is 17.5 Å². The largest absolute Gasteiger partial charge is 0.332 e. The summed E-state index contributed by atoms with van der Waals surface area (Å²) in [6.45, 7) is 1.79. The predicted octanol–water partition coefficient (Wildman–Crippen LogP) is 4.22. The summed E-state index contributed by atoms with van der Waals surface area (Å²) in [5, 5.41) is 5.65. The first-order valence-corrected chi connectivity index (χ1v) is 6.16. The summed E-state index contributed by atoms with van der Waals surface area (Å²) in [6, 6.07) is 7.58. The Kier molecular flexibility index (Phi) is 4.24. The van der Waals surface area contributed by atoms with Crippen LogP contribution in [0.2, 0.25) is 0 Å². The second kappa shape index (κ2) is 5.92. The predicted molar refractivity (Wildman–Crippen MR) is 77.3 cm³/mol. The van der Waals surface area contributed by atoms with Crippen molar-refractivity contribution in [2.75, 3.05) is 10.6 Å². The highest BCUT2D eigenvalue weighted by molar-refractivity contribution is 7.80. The Morgan fingerprint density at radius 1 is 0.950 bits per heavy atom. The minimum absolute atomic E-state index is 0.157. The lowest BCUT2D eigenvalue weighted by Gasteiger charge is -2.12. The number of hydrogen-bond donors (Lipinski definition) is 2. The molecule has 0 heterocycles. The molecular formula is C14H11F3N2S. The van der Waals surface area contributed by atoms with Crippen molar-refractivity contribution in [3.63, 3.8) is 0 Å². The van der Waals surface area contributed by atoms with Crippen LogP contribution in [-0.2, 0) is 0 Å². The van der Waals surface area contributed by atoms with Crippen molar-refractivity contribution in [2.45, 2.75) is 6.92 Å². The van der Waals surface area contributed by atoms with Crippen LogP contribution in [0.4, 0.5) is 24.5 Å². The summed E-state index contributed by atoms with van der Waals surface area (Å²) in [6.07, 6.45) is 0. The second-order valence-corrected chi connectivity index (χ2v) is 4.58. The van der Waals surface area contributed by atoms with Crippen molar-refractivity contribution in [1.82, 2.24) is 0 Å². The normalized spacial score (nSPS) is 10.2. The first kappa shape index (κ1) is 14.3. The Bertz CT molecular complexity index is 659. The minimum Gasteiger partial charge on any atom is -0.332 e. The Hall–Kier alpha value is -2.08. The summed E-state index contributed by atoms with van der Waals surface area (Å²) >= 11 is 5.04. The Morgan fingerprint density at radius 3 is 2.40 bits per heavy atom. The standard InChI is InChI=1S/C14H11F3N2S/c1-8-2-3-9(15)6-13(8)19-14(20)18-10-4-5-11(16)12(17)7-10/h2-7H,1H3,(H2,18,19,20). The van der Waals surface area contributed by atoms with Gasteiger partial charge in [-0.15, -0.1) is 0 Å². The van der Waals surface area contributed by atoms with Gasteiger partial charge in [-0.3, -0.25) is 0 Å². The van der Waals surface area contributed by atoms with Crippen LogP contribution in [0.5, 0.6) is 0 Å². The quantitative estimate of drug-likeness (QED) is 0.811. The Morgan fingerprint density at radius 2 is 1.70 bits per heavy atom. The van der Waals surface area contributed by atoms with Crippen molar-refractivity contribution in [3.05, 3.63) is 59.4 Å². The van der Waals surface area contributed by atoms with Crippen molar-refractivity contribution in [3.8, 4) is 0 Å². The van der Waals surface area contributed by atoms with Gasteiger partial charge in [0.05, 0.1) is 0 Å². The molecule has 0 spiro atoms. The van der Waals surface area contributed by atoms with E-state index in [2.05, 4.69) is 10.6 Å². The fourth-order valence-electron chi connectivity index (χ4n) is 1.59. The Labute approximate surface area is 119 Å². The van der Waals surface area contributed by atoms with E-state index in [9.17, 15) is 13.2 Å². The van der Waals surface area contributed by atoms with E-state index >= 15 is 0 Å². The van der Waals surface area contributed by atoms with Gasteiger partial charge in [0.2, 0.25) is 0 Å². The molecule has 0 amide bonds. The summed E-state index contributed by atoms with van der Waals surface area (Å²) in [7, 11) is 0. The summed E-state index contributed by atoms with van der Waals surface area (Å²) in [5.41, 5.74) is 1.61. The number of benzene rings is 2. The third-order valence-electron chi connectivity index (χ3n) is 2.63. The lowest BCUT2D eigenvalue weighted by molar-refractivity contribution is 0.509. The van der Waals surface area contributed by atoms with E-state index in [-0.39, 0.29) is 5.11 Å². The van der Waals surface area contributed by atoms with Crippen LogP contribution in [0.25, 0.3) is 0 Å². The topological polar surface area (TPSA) is 24.1 Å². The molecule has 2 nitrogen and oxygen atoms in total. The zero-order valence-electron chi connectivity index (χ0n) is 10.5. The summed E-state index contributed by atoms with van der Waals surface area (Å²) < 4.78 is 39.0. The number of aryl methyl sites for hydroxylation is 1. The zero-order valence-corrected chi connectivity index (χ0v) is 11.3. The third-order valence-corrected chi connectivity index (χ3v) is 2.83. The molecule has 2 aromatic rings. The molecule has 104 valence electrons. The van der Waals surface area contributed by atoms with Gasteiger partial charge >= 0.3 is 0 Å². The maximum absolute atomic E-state index is 13.1. The molecule has 2 rings (SSSR count). The van der Waals surface area contributed by atoms with Crippen LogP contribution in [0.3, 0.4) is 0 Å². The average Bonchev–Trinajstić information content (AvgIpc) is 2.38. The highest BCUT2D eigenvalue weighted by Crippen LogP contribution is 2.17. The lowest BCUT2D eigenvalue weighted by Crippen LogP contribution is -2.19. The average molecular weight is 296 g/mol. The fourth-order valence-corrected chi connectivity index (χ4v) is 1.82. The molecule has 0 atom stereocenters.